The summed E-state index contributed by atoms with van der Waals surface area (Å²) in [4.78, 5) is 10.8. The van der Waals surface area contributed by atoms with Gasteiger partial charge in [0.15, 0.2) is 0 Å². The van der Waals surface area contributed by atoms with Crippen LogP contribution in [-0.2, 0) is 6.61 Å². The number of hydrogen-bond donors (Lipinski definition) is 1. The minimum atomic E-state index is -1.05. The van der Waals surface area contributed by atoms with E-state index in [-0.39, 0.29) is 12.2 Å². The first-order valence-electron chi connectivity index (χ1n) is 5.56. The van der Waals surface area contributed by atoms with Crippen LogP contribution in [0.15, 0.2) is 40.9 Å². The molecule has 2 rings (SSSR count). The Balaban J connectivity index is 2.12. The summed E-state index contributed by atoms with van der Waals surface area (Å²) in [5.41, 5.74) is 0.456. The largest absolute Gasteiger partial charge is 0.488 e. The van der Waals surface area contributed by atoms with Crippen molar-refractivity contribution in [2.24, 2.45) is 0 Å². The number of carboxylic acids is 1. The predicted octanol–water partition coefficient (Wildman–Crippen LogP) is 4.00. The lowest BCUT2D eigenvalue weighted by molar-refractivity contribution is 0.0696. The molecule has 0 aliphatic rings. The van der Waals surface area contributed by atoms with Gasteiger partial charge in [0.25, 0.3) is 0 Å². The van der Waals surface area contributed by atoms with Crippen LogP contribution in [0.2, 0.25) is 0 Å². The number of carboxylic acid groups (broad SMARTS) is 1. The Morgan fingerprint density at radius 1 is 1.15 bits per heavy atom. The van der Waals surface area contributed by atoms with Gasteiger partial charge in [-0.2, -0.15) is 0 Å². The van der Waals surface area contributed by atoms with Crippen LogP contribution in [0.25, 0.3) is 0 Å². The van der Waals surface area contributed by atoms with Crippen LogP contribution in [-0.4, -0.2) is 11.1 Å². The molecule has 0 amide bonds. The van der Waals surface area contributed by atoms with Gasteiger partial charge < -0.3 is 9.84 Å². The molecular weight excluding hydrogens is 334 g/mol. The van der Waals surface area contributed by atoms with Crippen LogP contribution in [0.3, 0.4) is 0 Å². The third-order valence-electron chi connectivity index (χ3n) is 2.50. The predicted molar refractivity (Wildman–Crippen MR) is 71.8 cm³/mol. The smallest absolute Gasteiger partial charge is 0.335 e. The standard InChI is InChI=1S/C14H9BrF2O3/c15-12-5-9(14(18)19)1-2-13(12)20-7-8-3-10(16)6-11(17)4-8/h1-6H,7H2,(H,18,19). The summed E-state index contributed by atoms with van der Waals surface area (Å²) in [5, 5.41) is 8.82. The van der Waals surface area contributed by atoms with Gasteiger partial charge in [-0.15, -0.1) is 0 Å². The van der Waals surface area contributed by atoms with E-state index in [0.717, 1.165) is 6.07 Å². The van der Waals surface area contributed by atoms with Crippen molar-refractivity contribution < 1.29 is 23.4 Å². The first-order chi connectivity index (χ1) is 9.45. The van der Waals surface area contributed by atoms with Crippen molar-refractivity contribution in [1.29, 1.82) is 0 Å². The zero-order valence-corrected chi connectivity index (χ0v) is 11.7. The highest BCUT2D eigenvalue weighted by Crippen LogP contribution is 2.27. The normalized spacial score (nSPS) is 10.3. The van der Waals surface area contributed by atoms with Crippen molar-refractivity contribution in [2.75, 3.05) is 0 Å². The first kappa shape index (κ1) is 14.5. The van der Waals surface area contributed by atoms with E-state index >= 15 is 0 Å². The molecule has 1 N–H and O–H groups in total. The second-order valence-corrected chi connectivity index (χ2v) is 4.87. The summed E-state index contributed by atoms with van der Waals surface area (Å²) in [6.45, 7) is -0.0281. The first-order valence-corrected chi connectivity index (χ1v) is 6.35. The monoisotopic (exact) mass is 342 g/mol. The molecule has 0 unspecified atom stereocenters. The van der Waals surface area contributed by atoms with Crippen molar-refractivity contribution in [3.63, 3.8) is 0 Å². The molecule has 0 saturated carbocycles. The van der Waals surface area contributed by atoms with Gasteiger partial charge in [0.2, 0.25) is 0 Å². The Labute approximate surface area is 121 Å². The molecule has 3 nitrogen and oxygen atoms in total. The number of aromatic carboxylic acids is 1. The van der Waals surface area contributed by atoms with Crippen LogP contribution in [0.1, 0.15) is 15.9 Å². The van der Waals surface area contributed by atoms with E-state index in [4.69, 9.17) is 9.84 Å². The van der Waals surface area contributed by atoms with E-state index in [0.29, 0.717) is 15.8 Å². The molecule has 20 heavy (non-hydrogen) atoms. The summed E-state index contributed by atoms with van der Waals surface area (Å²) >= 11 is 3.18. The van der Waals surface area contributed by atoms with Crippen molar-refractivity contribution in [1.82, 2.24) is 0 Å². The number of ether oxygens (including phenoxy) is 1. The van der Waals surface area contributed by atoms with Gasteiger partial charge in [0.05, 0.1) is 10.0 Å². The second-order valence-electron chi connectivity index (χ2n) is 4.02. The van der Waals surface area contributed by atoms with E-state index in [1.807, 2.05) is 0 Å². The van der Waals surface area contributed by atoms with Crippen LogP contribution < -0.4 is 4.74 Å². The summed E-state index contributed by atoms with van der Waals surface area (Å²) in [7, 11) is 0. The number of rotatable bonds is 4. The SMILES string of the molecule is O=C(O)c1ccc(OCc2cc(F)cc(F)c2)c(Br)c1. The van der Waals surface area contributed by atoms with E-state index in [2.05, 4.69) is 15.9 Å². The molecule has 6 heteroatoms. The molecule has 2 aromatic carbocycles. The fourth-order valence-electron chi connectivity index (χ4n) is 1.61. The third kappa shape index (κ3) is 3.54. The molecule has 2 aromatic rings. The maximum atomic E-state index is 13.0. The van der Waals surface area contributed by atoms with E-state index < -0.39 is 17.6 Å². The number of carbonyl (C=O) groups is 1. The lowest BCUT2D eigenvalue weighted by Crippen LogP contribution is -2.00. The summed E-state index contributed by atoms with van der Waals surface area (Å²) in [5.74, 6) is -2.02. The molecule has 0 aliphatic carbocycles. The molecule has 0 saturated heterocycles. The highest BCUT2D eigenvalue weighted by molar-refractivity contribution is 9.10. The van der Waals surface area contributed by atoms with Crippen LogP contribution in [0.5, 0.6) is 5.75 Å². The van der Waals surface area contributed by atoms with Gasteiger partial charge in [0.1, 0.15) is 24.0 Å². The topological polar surface area (TPSA) is 46.5 Å². The molecule has 0 aliphatic heterocycles. The molecular formula is C14H9BrF2O3. The number of hydrogen-bond acceptors (Lipinski definition) is 2. The Bertz CT molecular complexity index is 639. The molecule has 0 bridgehead atoms. The molecule has 0 aromatic heterocycles. The van der Waals surface area contributed by atoms with E-state index in [9.17, 15) is 13.6 Å². The second kappa shape index (κ2) is 6.00. The fourth-order valence-corrected chi connectivity index (χ4v) is 2.10. The minimum absolute atomic E-state index is 0.0281. The van der Waals surface area contributed by atoms with Crippen LogP contribution >= 0.6 is 15.9 Å². The summed E-state index contributed by atoms with van der Waals surface area (Å²) < 4.78 is 31.9. The molecule has 0 heterocycles. The van der Waals surface area contributed by atoms with E-state index in [1.54, 1.807) is 0 Å². The van der Waals surface area contributed by atoms with Crippen LogP contribution in [0, 0.1) is 11.6 Å². The Morgan fingerprint density at radius 2 is 1.80 bits per heavy atom. The van der Waals surface area contributed by atoms with Crippen molar-refractivity contribution >= 4 is 21.9 Å². The van der Waals surface area contributed by atoms with Gasteiger partial charge in [-0.25, -0.2) is 13.6 Å². The zero-order chi connectivity index (χ0) is 14.7. The lowest BCUT2D eigenvalue weighted by Gasteiger charge is -2.09. The Kier molecular flexibility index (Phi) is 4.34. The van der Waals surface area contributed by atoms with Gasteiger partial charge in [0, 0.05) is 6.07 Å². The average molecular weight is 343 g/mol. The number of benzene rings is 2. The van der Waals surface area contributed by atoms with Crippen molar-refractivity contribution in [3.05, 3.63) is 63.6 Å². The summed E-state index contributed by atoms with van der Waals surface area (Å²) in [6.07, 6.45) is 0. The third-order valence-corrected chi connectivity index (χ3v) is 3.12. The Morgan fingerprint density at radius 3 is 2.35 bits per heavy atom. The van der Waals surface area contributed by atoms with Gasteiger partial charge in [-0.05, 0) is 51.8 Å². The molecule has 104 valence electrons. The molecule has 0 atom stereocenters. The van der Waals surface area contributed by atoms with Crippen molar-refractivity contribution in [2.45, 2.75) is 6.61 Å². The molecule has 0 radical (unpaired) electrons. The minimum Gasteiger partial charge on any atom is -0.488 e. The number of halogens is 3. The Hall–Kier alpha value is -1.95. The maximum Gasteiger partial charge on any atom is 0.335 e. The quantitative estimate of drug-likeness (QED) is 0.913. The molecule has 0 spiro atoms. The fraction of sp³-hybridized carbons (Fsp3) is 0.0714. The zero-order valence-electron chi connectivity index (χ0n) is 10.1. The highest BCUT2D eigenvalue weighted by atomic mass is 79.9. The highest BCUT2D eigenvalue weighted by Gasteiger charge is 2.08. The average Bonchev–Trinajstić information content (AvgIpc) is 2.36. The van der Waals surface area contributed by atoms with Gasteiger partial charge in [-0.3, -0.25) is 0 Å². The van der Waals surface area contributed by atoms with E-state index in [1.165, 1.54) is 30.3 Å². The van der Waals surface area contributed by atoms with Gasteiger partial charge in [-0.1, -0.05) is 0 Å². The lowest BCUT2D eigenvalue weighted by atomic mass is 10.2. The van der Waals surface area contributed by atoms with Crippen molar-refractivity contribution in [3.8, 4) is 5.75 Å². The summed E-state index contributed by atoms with van der Waals surface area (Å²) in [6, 6.07) is 7.37. The van der Waals surface area contributed by atoms with Crippen LogP contribution in [0.4, 0.5) is 8.78 Å². The molecule has 0 fully saturated rings. The van der Waals surface area contributed by atoms with Gasteiger partial charge >= 0.3 is 5.97 Å². The maximum absolute atomic E-state index is 13.0.